The molecule has 0 aromatic heterocycles. The molecular formula is C27H32BrClN2O5S. The van der Waals surface area contributed by atoms with Crippen molar-refractivity contribution in [3.05, 3.63) is 54.1 Å². The van der Waals surface area contributed by atoms with Gasteiger partial charge in [0.15, 0.2) is 0 Å². The van der Waals surface area contributed by atoms with Gasteiger partial charge < -0.3 is 19.6 Å². The molecule has 6 atom stereocenters. The average Bonchev–Trinajstić information content (AvgIpc) is 3.45. The number of carbonyl (C=O) groups excluding carboxylic acids is 3. The maximum Gasteiger partial charge on any atom is 0.311 e. The van der Waals surface area contributed by atoms with E-state index in [1.165, 1.54) is 6.08 Å². The number of likely N-dealkylation sites (tertiary alicyclic amines) is 1. The van der Waals surface area contributed by atoms with E-state index in [9.17, 15) is 19.5 Å². The van der Waals surface area contributed by atoms with Gasteiger partial charge in [-0.2, -0.15) is 0 Å². The Morgan fingerprint density at radius 3 is 2.76 bits per heavy atom. The maximum atomic E-state index is 14.5. The van der Waals surface area contributed by atoms with Crippen LogP contribution in [0.25, 0.3) is 0 Å². The number of rotatable bonds is 11. The first-order valence-corrected chi connectivity index (χ1v) is 14.6. The van der Waals surface area contributed by atoms with Crippen LogP contribution in [0.15, 0.2) is 43.5 Å². The van der Waals surface area contributed by atoms with E-state index >= 15 is 0 Å². The number of halogens is 2. The summed E-state index contributed by atoms with van der Waals surface area (Å²) in [7, 11) is 0. The zero-order chi connectivity index (χ0) is 26.9. The number of anilines is 1. The Kier molecular flexibility index (Phi) is 8.78. The van der Waals surface area contributed by atoms with E-state index in [4.69, 9.17) is 16.3 Å². The summed E-state index contributed by atoms with van der Waals surface area (Å²) in [6.45, 7) is 9.94. The van der Waals surface area contributed by atoms with Crippen molar-refractivity contribution in [2.24, 2.45) is 11.8 Å². The third-order valence-corrected chi connectivity index (χ3v) is 11.0. The van der Waals surface area contributed by atoms with E-state index in [1.807, 2.05) is 19.1 Å². The highest BCUT2D eigenvalue weighted by molar-refractivity contribution is 9.09. The molecule has 37 heavy (non-hydrogen) atoms. The van der Waals surface area contributed by atoms with Crippen molar-refractivity contribution in [3.63, 3.8) is 0 Å². The number of hydrogen-bond acceptors (Lipinski definition) is 6. The van der Waals surface area contributed by atoms with E-state index in [0.29, 0.717) is 36.5 Å². The van der Waals surface area contributed by atoms with Crippen molar-refractivity contribution in [1.82, 2.24) is 4.90 Å². The third kappa shape index (κ3) is 4.77. The number of aliphatic hydroxyl groups is 1. The van der Waals surface area contributed by atoms with Crippen LogP contribution in [0, 0.1) is 18.8 Å². The molecule has 4 rings (SSSR count). The van der Waals surface area contributed by atoms with Gasteiger partial charge in [-0.15, -0.1) is 18.3 Å². The molecule has 1 aromatic carbocycles. The summed E-state index contributed by atoms with van der Waals surface area (Å²) in [5.41, 5.74) is 1.42. The molecule has 2 amide bonds. The van der Waals surface area contributed by atoms with Crippen molar-refractivity contribution >= 4 is 62.8 Å². The van der Waals surface area contributed by atoms with Gasteiger partial charge in [0.1, 0.15) is 12.6 Å². The third-order valence-electron chi connectivity index (χ3n) is 7.48. The molecule has 10 heteroatoms. The number of hydrogen-bond donors (Lipinski definition) is 1. The fourth-order valence-electron chi connectivity index (χ4n) is 6.08. The summed E-state index contributed by atoms with van der Waals surface area (Å²) >= 11 is 11.9. The van der Waals surface area contributed by atoms with Gasteiger partial charge in [-0.1, -0.05) is 58.4 Å². The molecular weight excluding hydrogens is 580 g/mol. The Labute approximate surface area is 235 Å². The van der Waals surface area contributed by atoms with Gasteiger partial charge in [0, 0.05) is 29.8 Å². The number of carbonyl (C=O) groups is 3. The quantitative estimate of drug-likeness (QED) is 0.175. The lowest BCUT2D eigenvalue weighted by atomic mass is 9.71. The SMILES string of the molecule is C=CCOC(=O)[C@H]1[C@@H]2SC3(CC2Br)C(C(=O)N(CC=C)c2c(C)cccc2Cl)N(CCCCO)C(=O)[C@H]13. The number of aliphatic hydroxyl groups excluding tert-OH is 1. The van der Waals surface area contributed by atoms with E-state index in [-0.39, 0.29) is 41.6 Å². The summed E-state index contributed by atoms with van der Waals surface area (Å²) in [6.07, 6.45) is 4.76. The zero-order valence-corrected chi connectivity index (χ0v) is 23.9. The largest absolute Gasteiger partial charge is 0.461 e. The summed E-state index contributed by atoms with van der Waals surface area (Å²) in [5, 5.41) is 9.62. The number of benzene rings is 1. The van der Waals surface area contributed by atoms with Gasteiger partial charge in [-0.3, -0.25) is 14.4 Å². The van der Waals surface area contributed by atoms with Crippen molar-refractivity contribution < 1.29 is 24.2 Å². The molecule has 1 spiro atoms. The highest BCUT2D eigenvalue weighted by atomic mass is 79.9. The second-order valence-electron chi connectivity index (χ2n) is 9.69. The number of para-hydroxylation sites is 1. The summed E-state index contributed by atoms with van der Waals surface area (Å²) in [4.78, 5) is 44.9. The average molecular weight is 612 g/mol. The molecule has 3 fully saturated rings. The summed E-state index contributed by atoms with van der Waals surface area (Å²) in [5.74, 6) is -2.22. The van der Waals surface area contributed by atoms with E-state index < -0.39 is 28.6 Å². The number of fused-ring (bicyclic) bond motifs is 1. The van der Waals surface area contributed by atoms with Gasteiger partial charge in [0.05, 0.1) is 27.3 Å². The minimum Gasteiger partial charge on any atom is -0.461 e. The number of nitrogens with zero attached hydrogens (tertiary/aromatic N) is 2. The molecule has 0 saturated carbocycles. The molecule has 200 valence electrons. The van der Waals surface area contributed by atoms with Crippen LogP contribution < -0.4 is 4.90 Å². The van der Waals surface area contributed by atoms with Gasteiger partial charge in [-0.05, 0) is 37.8 Å². The number of alkyl halides is 1. The Morgan fingerprint density at radius 2 is 2.11 bits per heavy atom. The Balaban J connectivity index is 1.80. The Hall–Kier alpha value is -1.81. The lowest BCUT2D eigenvalue weighted by Gasteiger charge is -2.38. The molecule has 0 aliphatic carbocycles. The van der Waals surface area contributed by atoms with Gasteiger partial charge in [0.25, 0.3) is 5.91 Å². The minimum absolute atomic E-state index is 0.00652. The molecule has 3 aliphatic rings. The van der Waals surface area contributed by atoms with E-state index in [1.54, 1.807) is 33.7 Å². The molecule has 3 heterocycles. The molecule has 3 unspecified atom stereocenters. The molecule has 1 aromatic rings. The zero-order valence-electron chi connectivity index (χ0n) is 20.8. The Bertz CT molecular complexity index is 1080. The number of unbranched alkanes of at least 4 members (excludes halogenated alkanes) is 1. The lowest BCUT2D eigenvalue weighted by molar-refractivity contribution is -0.153. The molecule has 1 N–H and O–H groups in total. The van der Waals surface area contributed by atoms with Crippen LogP contribution in [-0.4, -0.2) is 75.0 Å². The first-order chi connectivity index (χ1) is 17.7. The number of ether oxygens (including phenoxy) is 1. The van der Waals surface area contributed by atoms with Crippen molar-refractivity contribution in [3.8, 4) is 0 Å². The normalized spacial score (nSPS) is 29.8. The van der Waals surface area contributed by atoms with Gasteiger partial charge >= 0.3 is 5.97 Å². The molecule has 7 nitrogen and oxygen atoms in total. The number of thioether (sulfide) groups is 1. The van der Waals surface area contributed by atoms with Crippen LogP contribution in [0.2, 0.25) is 5.02 Å². The standard InChI is InChI=1S/C27H32BrClN2O5S/c1-4-11-30(21-16(3)9-8-10-18(21)29)25(34)23-27-15-17(28)22(37-27)19(26(35)36-14-5-2)20(27)24(33)31(23)12-6-7-13-32/h4-5,8-10,17,19-20,22-23,32H,1-2,6-7,11-15H2,3H3/t17?,19-,20+,22-,23?,27?/m1/s1. The fraction of sp³-hybridized carbons (Fsp3) is 0.519. The highest BCUT2D eigenvalue weighted by Crippen LogP contribution is 2.68. The first kappa shape index (κ1) is 28.2. The molecule has 0 radical (unpaired) electrons. The van der Waals surface area contributed by atoms with Gasteiger partial charge in [0.2, 0.25) is 5.91 Å². The monoisotopic (exact) mass is 610 g/mol. The fourth-order valence-corrected chi connectivity index (χ4v) is 10.0. The van der Waals surface area contributed by atoms with Crippen LogP contribution >= 0.6 is 39.3 Å². The maximum absolute atomic E-state index is 14.5. The predicted octanol–water partition coefficient (Wildman–Crippen LogP) is 4.13. The number of aryl methyl sites for hydroxylation is 1. The van der Waals surface area contributed by atoms with Crippen LogP contribution in [-0.2, 0) is 19.1 Å². The van der Waals surface area contributed by atoms with Crippen molar-refractivity contribution in [2.75, 3.05) is 31.2 Å². The van der Waals surface area contributed by atoms with Crippen molar-refractivity contribution in [1.29, 1.82) is 0 Å². The number of esters is 1. The highest BCUT2D eigenvalue weighted by Gasteiger charge is 2.76. The molecule has 3 aliphatic heterocycles. The molecule has 2 bridgehead atoms. The lowest BCUT2D eigenvalue weighted by Crippen LogP contribution is -2.55. The number of amides is 2. The van der Waals surface area contributed by atoms with Crippen LogP contribution in [0.3, 0.4) is 0 Å². The van der Waals surface area contributed by atoms with Crippen LogP contribution in [0.1, 0.15) is 24.8 Å². The van der Waals surface area contributed by atoms with Gasteiger partial charge in [-0.25, -0.2) is 0 Å². The summed E-state index contributed by atoms with van der Waals surface area (Å²) < 4.78 is 4.63. The van der Waals surface area contributed by atoms with E-state index in [0.717, 1.165) is 5.56 Å². The minimum atomic E-state index is -0.799. The topological polar surface area (TPSA) is 87.2 Å². The van der Waals surface area contributed by atoms with Crippen molar-refractivity contribution in [2.45, 2.75) is 47.1 Å². The van der Waals surface area contributed by atoms with E-state index in [2.05, 4.69) is 29.1 Å². The van der Waals surface area contributed by atoms with Crippen LogP contribution in [0.5, 0.6) is 0 Å². The first-order valence-electron chi connectivity index (χ1n) is 12.4. The predicted molar refractivity (Wildman–Crippen MR) is 150 cm³/mol. The second kappa shape index (κ2) is 11.5. The summed E-state index contributed by atoms with van der Waals surface area (Å²) in [6, 6.07) is 4.66. The smallest absolute Gasteiger partial charge is 0.311 e. The Morgan fingerprint density at radius 1 is 1.35 bits per heavy atom. The van der Waals surface area contributed by atoms with Crippen LogP contribution in [0.4, 0.5) is 5.69 Å². The molecule has 3 saturated heterocycles. The second-order valence-corrected chi connectivity index (χ2v) is 12.8.